The molecular weight excluding hydrogens is 398 g/mol. The van der Waals surface area contributed by atoms with E-state index in [4.69, 9.17) is 5.21 Å². The van der Waals surface area contributed by atoms with Crippen molar-refractivity contribution >= 4 is 44.6 Å². The molecule has 0 amide bonds. The summed E-state index contributed by atoms with van der Waals surface area (Å²) in [5.41, 5.74) is 6.20. The van der Waals surface area contributed by atoms with E-state index in [9.17, 15) is 10.0 Å². The topological polar surface area (TPSA) is 86.9 Å². The van der Waals surface area contributed by atoms with E-state index < -0.39 is 0 Å². The second-order valence-electron chi connectivity index (χ2n) is 7.30. The number of oxime groups is 1. The Bertz CT molecular complexity index is 1240. The molecule has 0 saturated heterocycles. The number of hydrogen-bond donors (Lipinski definition) is 3. The smallest absolute Gasteiger partial charge is 0.202 e. The number of thiophene rings is 1. The third kappa shape index (κ3) is 3.52. The normalized spacial score (nSPS) is 13.2. The van der Waals surface area contributed by atoms with Gasteiger partial charge in [0.25, 0.3) is 0 Å². The van der Waals surface area contributed by atoms with Crippen LogP contribution in [-0.2, 0) is 6.54 Å². The van der Waals surface area contributed by atoms with Gasteiger partial charge in [-0.05, 0) is 55.6 Å². The summed E-state index contributed by atoms with van der Waals surface area (Å²) in [5, 5.41) is 26.0. The van der Waals surface area contributed by atoms with Gasteiger partial charge in [0, 0.05) is 51.9 Å². The summed E-state index contributed by atoms with van der Waals surface area (Å²) in [6.07, 6.45) is 0.368. The Morgan fingerprint density at radius 1 is 1.13 bits per heavy atom. The van der Waals surface area contributed by atoms with Gasteiger partial charge in [0.1, 0.15) is 0 Å². The fourth-order valence-corrected chi connectivity index (χ4v) is 4.55. The average molecular weight is 422 g/mol. The molecule has 0 aliphatic heterocycles. The molecule has 0 aliphatic carbocycles. The lowest BCUT2D eigenvalue weighted by molar-refractivity contribution is 0.104. The van der Waals surface area contributed by atoms with Crippen LogP contribution < -0.4 is 5.48 Å². The molecule has 6 nitrogen and oxygen atoms in total. The Balaban J connectivity index is 1.88. The summed E-state index contributed by atoms with van der Waals surface area (Å²) in [7, 11) is 0. The fraction of sp³-hybridized carbons (Fsp3) is 0.217. The van der Waals surface area contributed by atoms with Crippen molar-refractivity contribution in [3.05, 3.63) is 69.9 Å². The zero-order valence-electron chi connectivity index (χ0n) is 16.8. The van der Waals surface area contributed by atoms with Crippen LogP contribution in [0.5, 0.6) is 0 Å². The van der Waals surface area contributed by atoms with E-state index in [1.807, 2.05) is 53.9 Å². The number of aromatic nitrogens is 1. The molecule has 1 unspecified atom stereocenters. The zero-order valence-corrected chi connectivity index (χ0v) is 17.6. The van der Waals surface area contributed by atoms with Crippen LogP contribution in [0.2, 0.25) is 0 Å². The molecule has 2 aromatic heterocycles. The van der Waals surface area contributed by atoms with Crippen molar-refractivity contribution in [2.24, 2.45) is 5.16 Å². The van der Waals surface area contributed by atoms with E-state index in [1.165, 1.54) is 11.3 Å². The molecule has 0 spiro atoms. The lowest BCUT2D eigenvalue weighted by Crippen LogP contribution is -2.25. The molecule has 2 aromatic carbocycles. The minimum Gasteiger partial charge on any atom is -0.411 e. The first-order chi connectivity index (χ1) is 14.6. The lowest BCUT2D eigenvalue weighted by Gasteiger charge is -2.11. The van der Waals surface area contributed by atoms with Gasteiger partial charge in [0.2, 0.25) is 5.78 Å². The number of hydroxylamine groups is 1. The number of carbonyl (C=O) groups is 1. The van der Waals surface area contributed by atoms with Crippen LogP contribution in [0.4, 0.5) is 0 Å². The van der Waals surface area contributed by atoms with E-state index >= 15 is 0 Å². The number of ketones is 1. The van der Waals surface area contributed by atoms with Gasteiger partial charge in [-0.2, -0.15) is 0 Å². The van der Waals surface area contributed by atoms with Crippen molar-refractivity contribution in [3.63, 3.8) is 0 Å². The number of carbonyl (C=O) groups excluding carboxylic acids is 1. The third-order valence-electron chi connectivity index (χ3n) is 5.36. The lowest BCUT2D eigenvalue weighted by atomic mass is 10.0. The van der Waals surface area contributed by atoms with Crippen molar-refractivity contribution < 1.29 is 15.2 Å². The molecule has 4 aromatic rings. The molecular formula is C23H23N3O3S. The highest BCUT2D eigenvalue weighted by molar-refractivity contribution is 7.12. The second kappa shape index (κ2) is 8.39. The third-order valence-corrected chi connectivity index (χ3v) is 6.23. The number of hydrogen-bond acceptors (Lipinski definition) is 6. The highest BCUT2D eigenvalue weighted by Gasteiger charge is 2.17. The van der Waals surface area contributed by atoms with Crippen LogP contribution >= 0.6 is 11.3 Å². The van der Waals surface area contributed by atoms with E-state index in [0.717, 1.165) is 38.8 Å². The fourth-order valence-electron chi connectivity index (χ4n) is 3.87. The van der Waals surface area contributed by atoms with Crippen molar-refractivity contribution in [1.82, 2.24) is 10.0 Å². The van der Waals surface area contributed by atoms with Crippen molar-refractivity contribution in [3.8, 4) is 0 Å². The summed E-state index contributed by atoms with van der Waals surface area (Å²) in [6, 6.07) is 15.2. The van der Waals surface area contributed by atoms with Crippen LogP contribution in [0.1, 0.15) is 41.1 Å². The number of rotatable bonds is 7. The molecule has 7 heteroatoms. The summed E-state index contributed by atoms with van der Waals surface area (Å²) < 4.78 is 2.21. The number of aryl methyl sites for hydroxylation is 1. The van der Waals surface area contributed by atoms with E-state index in [2.05, 4.69) is 22.1 Å². The standard InChI is InChI=1S/C23H23N3O3S/c1-3-26-20-8-6-15(19(25-29)11-14(2)24-28)12-17(20)18-13-16(7-9-21(18)26)23(27)22-5-4-10-30-22/h4-10,12-14,24,28-29H,3,11H2,1-2H3. The average Bonchev–Trinajstić information content (AvgIpc) is 3.42. The summed E-state index contributed by atoms with van der Waals surface area (Å²) in [4.78, 5) is 13.6. The van der Waals surface area contributed by atoms with Gasteiger partial charge in [0.15, 0.2) is 0 Å². The van der Waals surface area contributed by atoms with Gasteiger partial charge in [-0.3, -0.25) is 4.79 Å². The molecule has 2 heterocycles. The predicted octanol–water partition coefficient (Wildman–Crippen LogP) is 5.04. The summed E-state index contributed by atoms with van der Waals surface area (Å²) in [5.74, 6) is 0.0147. The number of benzene rings is 2. The Morgan fingerprint density at radius 2 is 1.80 bits per heavy atom. The molecule has 154 valence electrons. The van der Waals surface area contributed by atoms with Gasteiger partial charge in [-0.1, -0.05) is 17.3 Å². The molecule has 0 bridgehead atoms. The molecule has 0 saturated carbocycles. The highest BCUT2D eigenvalue weighted by atomic mass is 32.1. The Kier molecular flexibility index (Phi) is 5.67. The molecule has 4 rings (SSSR count). The van der Waals surface area contributed by atoms with Crippen molar-refractivity contribution in [2.75, 3.05) is 0 Å². The van der Waals surface area contributed by atoms with Gasteiger partial charge >= 0.3 is 0 Å². The van der Waals surface area contributed by atoms with Crippen molar-refractivity contribution in [1.29, 1.82) is 0 Å². The molecule has 0 fully saturated rings. The maximum absolute atomic E-state index is 12.9. The minimum atomic E-state index is -0.251. The Morgan fingerprint density at radius 3 is 2.37 bits per heavy atom. The summed E-state index contributed by atoms with van der Waals surface area (Å²) >= 11 is 1.44. The Labute approximate surface area is 178 Å². The Hall–Kier alpha value is -3.00. The highest BCUT2D eigenvalue weighted by Crippen LogP contribution is 2.32. The predicted molar refractivity (Wildman–Crippen MR) is 120 cm³/mol. The second-order valence-corrected chi connectivity index (χ2v) is 8.24. The number of fused-ring (bicyclic) bond motifs is 3. The monoisotopic (exact) mass is 421 g/mol. The van der Waals surface area contributed by atoms with E-state index in [1.54, 1.807) is 6.92 Å². The van der Waals surface area contributed by atoms with Gasteiger partial charge in [0.05, 0.1) is 10.6 Å². The van der Waals surface area contributed by atoms with Crippen LogP contribution in [-0.4, -0.2) is 32.5 Å². The SMILES string of the molecule is CCn1c2ccc(C(=O)c3cccs3)cc2c2cc(C(CC(C)NO)=NO)ccc21. The molecule has 1 atom stereocenters. The van der Waals surface area contributed by atoms with Crippen molar-refractivity contribution in [2.45, 2.75) is 32.9 Å². The van der Waals surface area contributed by atoms with Gasteiger partial charge in [-0.15, -0.1) is 11.3 Å². The molecule has 30 heavy (non-hydrogen) atoms. The van der Waals surface area contributed by atoms with Crippen LogP contribution in [0, 0.1) is 0 Å². The molecule has 0 radical (unpaired) electrons. The quantitative estimate of drug-likeness (QED) is 0.169. The molecule has 3 N–H and O–H groups in total. The first kappa shape index (κ1) is 20.3. The number of nitrogens with zero attached hydrogens (tertiary/aromatic N) is 2. The van der Waals surface area contributed by atoms with Gasteiger partial charge < -0.3 is 15.0 Å². The maximum atomic E-state index is 12.9. The van der Waals surface area contributed by atoms with Crippen LogP contribution in [0.3, 0.4) is 0 Å². The number of nitrogens with one attached hydrogen (secondary N) is 1. The van der Waals surface area contributed by atoms with E-state index in [0.29, 0.717) is 17.7 Å². The zero-order chi connectivity index (χ0) is 21.3. The molecule has 0 aliphatic rings. The maximum Gasteiger partial charge on any atom is 0.202 e. The largest absolute Gasteiger partial charge is 0.411 e. The first-order valence-electron chi connectivity index (χ1n) is 9.82. The van der Waals surface area contributed by atoms with Crippen LogP contribution in [0.15, 0.2) is 59.1 Å². The van der Waals surface area contributed by atoms with E-state index in [-0.39, 0.29) is 11.8 Å². The first-order valence-corrected chi connectivity index (χ1v) is 10.7. The van der Waals surface area contributed by atoms with Crippen LogP contribution in [0.25, 0.3) is 21.8 Å². The van der Waals surface area contributed by atoms with Gasteiger partial charge in [-0.25, -0.2) is 5.48 Å². The minimum absolute atomic E-state index is 0.0147. The summed E-state index contributed by atoms with van der Waals surface area (Å²) in [6.45, 7) is 4.69.